The van der Waals surface area contributed by atoms with E-state index in [4.69, 9.17) is 9.97 Å². The Labute approximate surface area is 192 Å². The number of hydrogen-bond donors (Lipinski definition) is 0. The molecule has 0 saturated carbocycles. The number of likely N-dealkylation sites (N-methyl/N-ethyl adjacent to an activating group) is 1. The highest BCUT2D eigenvalue weighted by Crippen LogP contribution is 2.28. The summed E-state index contributed by atoms with van der Waals surface area (Å²) in [6.45, 7) is 12.9. The summed E-state index contributed by atoms with van der Waals surface area (Å²) in [5, 5.41) is 0. The molecule has 2 aliphatic rings. The van der Waals surface area contributed by atoms with Crippen LogP contribution in [-0.4, -0.2) is 64.9 Å². The van der Waals surface area contributed by atoms with Gasteiger partial charge in [-0.1, -0.05) is 38.8 Å². The van der Waals surface area contributed by atoms with Crippen molar-refractivity contribution < 1.29 is 4.79 Å². The number of anilines is 1. The summed E-state index contributed by atoms with van der Waals surface area (Å²) in [6.07, 6.45) is 5.57. The van der Waals surface area contributed by atoms with E-state index in [2.05, 4.69) is 35.8 Å². The topological polar surface area (TPSA) is 52.6 Å². The van der Waals surface area contributed by atoms with E-state index in [0.717, 1.165) is 74.0 Å². The summed E-state index contributed by atoms with van der Waals surface area (Å²) in [5.41, 5.74) is 4.34. The van der Waals surface area contributed by atoms with Crippen molar-refractivity contribution in [2.24, 2.45) is 0 Å². The van der Waals surface area contributed by atoms with Crippen LogP contribution in [0.2, 0.25) is 0 Å². The fourth-order valence-electron chi connectivity index (χ4n) is 4.80. The number of aryl methyl sites for hydroxylation is 2. The Kier molecular flexibility index (Phi) is 7.40. The van der Waals surface area contributed by atoms with Gasteiger partial charge in [0.1, 0.15) is 11.6 Å². The molecule has 0 N–H and O–H groups in total. The fourth-order valence-corrected chi connectivity index (χ4v) is 4.80. The molecule has 32 heavy (non-hydrogen) atoms. The third-order valence-corrected chi connectivity index (χ3v) is 6.83. The molecule has 6 nitrogen and oxygen atoms in total. The van der Waals surface area contributed by atoms with Gasteiger partial charge in [0.2, 0.25) is 0 Å². The predicted octanol–water partition coefficient (Wildman–Crippen LogP) is 3.86. The number of unbranched alkanes of at least 4 members (excludes halogenated alkanes) is 2. The Balaban J connectivity index is 1.48. The molecule has 4 rings (SSSR count). The first-order valence-electron chi connectivity index (χ1n) is 12.3. The Hall–Kier alpha value is -2.47. The normalized spacial score (nSPS) is 16.8. The average Bonchev–Trinajstić information content (AvgIpc) is 2.83. The Bertz CT molecular complexity index is 919. The second kappa shape index (κ2) is 10.4. The van der Waals surface area contributed by atoms with Crippen molar-refractivity contribution in [3.8, 4) is 0 Å². The Morgan fingerprint density at radius 1 is 0.969 bits per heavy atom. The van der Waals surface area contributed by atoms with Crippen LogP contribution in [0.5, 0.6) is 0 Å². The molecule has 0 atom stereocenters. The first-order valence-corrected chi connectivity index (χ1v) is 12.3. The monoisotopic (exact) mass is 435 g/mol. The van der Waals surface area contributed by atoms with Crippen LogP contribution in [0, 0.1) is 6.92 Å². The van der Waals surface area contributed by atoms with Crippen molar-refractivity contribution in [3.63, 3.8) is 0 Å². The van der Waals surface area contributed by atoms with Crippen LogP contribution >= 0.6 is 0 Å². The van der Waals surface area contributed by atoms with Crippen LogP contribution in [-0.2, 0) is 19.4 Å². The molecule has 0 spiro atoms. The van der Waals surface area contributed by atoms with Crippen LogP contribution < -0.4 is 4.90 Å². The summed E-state index contributed by atoms with van der Waals surface area (Å²) in [6, 6.07) is 8.23. The van der Waals surface area contributed by atoms with E-state index in [-0.39, 0.29) is 5.91 Å². The third-order valence-electron chi connectivity index (χ3n) is 6.83. The lowest BCUT2D eigenvalue weighted by atomic mass is 10.0. The van der Waals surface area contributed by atoms with E-state index in [9.17, 15) is 4.79 Å². The van der Waals surface area contributed by atoms with E-state index in [1.807, 2.05) is 24.0 Å². The average molecular weight is 436 g/mol. The van der Waals surface area contributed by atoms with Crippen molar-refractivity contribution in [2.75, 3.05) is 44.2 Å². The molecule has 172 valence electrons. The molecule has 0 bridgehead atoms. The molecular formula is C26H37N5O. The highest BCUT2D eigenvalue weighted by Gasteiger charge is 2.29. The summed E-state index contributed by atoms with van der Waals surface area (Å²) in [7, 11) is 0. The van der Waals surface area contributed by atoms with E-state index in [1.54, 1.807) is 0 Å². The second-order valence-corrected chi connectivity index (χ2v) is 9.07. The summed E-state index contributed by atoms with van der Waals surface area (Å²) >= 11 is 0. The van der Waals surface area contributed by atoms with Gasteiger partial charge in [-0.2, -0.15) is 0 Å². The zero-order valence-electron chi connectivity index (χ0n) is 19.9. The number of benzene rings is 1. The molecule has 0 aliphatic carbocycles. The van der Waals surface area contributed by atoms with Gasteiger partial charge in [-0.3, -0.25) is 4.79 Å². The summed E-state index contributed by atoms with van der Waals surface area (Å²) < 4.78 is 0. The minimum Gasteiger partial charge on any atom is -0.354 e. The number of fused-ring (bicyclic) bond motifs is 1. The highest BCUT2D eigenvalue weighted by atomic mass is 16.2. The van der Waals surface area contributed by atoms with Crippen molar-refractivity contribution >= 4 is 11.7 Å². The Morgan fingerprint density at radius 3 is 2.41 bits per heavy atom. The molecule has 0 radical (unpaired) electrons. The molecule has 0 unspecified atom stereocenters. The maximum Gasteiger partial charge on any atom is 0.254 e. The third kappa shape index (κ3) is 5.12. The highest BCUT2D eigenvalue weighted by molar-refractivity contribution is 5.94. The first kappa shape index (κ1) is 22.7. The van der Waals surface area contributed by atoms with Crippen molar-refractivity contribution in [1.29, 1.82) is 0 Å². The van der Waals surface area contributed by atoms with Crippen LogP contribution in [0.1, 0.15) is 66.1 Å². The molecular weight excluding hydrogens is 398 g/mol. The number of piperazine rings is 1. The van der Waals surface area contributed by atoms with Gasteiger partial charge in [-0.15, -0.1) is 0 Å². The SMILES string of the molecule is CCCCCc1ccc(C(=O)N2CCc3nc(C)nc(N4CCN(CC)CC4)c3C2)cc1. The maximum absolute atomic E-state index is 13.3. The summed E-state index contributed by atoms with van der Waals surface area (Å²) in [5.74, 6) is 1.97. The van der Waals surface area contributed by atoms with Crippen LogP contribution in [0.15, 0.2) is 24.3 Å². The van der Waals surface area contributed by atoms with Crippen LogP contribution in [0.25, 0.3) is 0 Å². The number of hydrogen-bond acceptors (Lipinski definition) is 5. The van der Waals surface area contributed by atoms with E-state index < -0.39 is 0 Å². The van der Waals surface area contributed by atoms with E-state index >= 15 is 0 Å². The summed E-state index contributed by atoms with van der Waals surface area (Å²) in [4.78, 5) is 29.7. The lowest BCUT2D eigenvalue weighted by Gasteiger charge is -2.37. The zero-order valence-corrected chi connectivity index (χ0v) is 19.9. The minimum atomic E-state index is 0.109. The lowest BCUT2D eigenvalue weighted by Crippen LogP contribution is -2.47. The Morgan fingerprint density at radius 2 is 1.72 bits per heavy atom. The smallest absolute Gasteiger partial charge is 0.254 e. The van der Waals surface area contributed by atoms with Gasteiger partial charge < -0.3 is 14.7 Å². The number of nitrogens with zero attached hydrogens (tertiary/aromatic N) is 5. The molecule has 1 aromatic carbocycles. The number of aromatic nitrogens is 2. The van der Waals surface area contributed by atoms with E-state index in [1.165, 1.54) is 24.8 Å². The molecule has 3 heterocycles. The maximum atomic E-state index is 13.3. The lowest BCUT2D eigenvalue weighted by molar-refractivity contribution is 0.0733. The van der Waals surface area contributed by atoms with Crippen LogP contribution in [0.3, 0.4) is 0 Å². The van der Waals surface area contributed by atoms with E-state index in [0.29, 0.717) is 13.1 Å². The van der Waals surface area contributed by atoms with Gasteiger partial charge in [-0.05, 0) is 44.0 Å². The standard InChI is InChI=1S/C26H37N5O/c1-4-6-7-8-21-9-11-22(12-10-21)26(32)31-14-13-24-23(19-31)25(28-20(3)27-24)30-17-15-29(5-2)16-18-30/h9-12H,4-8,13-19H2,1-3H3. The molecule has 6 heteroatoms. The second-order valence-electron chi connectivity index (χ2n) is 9.07. The van der Waals surface area contributed by atoms with Crippen molar-refractivity contribution in [2.45, 2.75) is 59.4 Å². The van der Waals surface area contributed by atoms with Crippen molar-refractivity contribution in [1.82, 2.24) is 19.8 Å². The van der Waals surface area contributed by atoms with Gasteiger partial charge in [0.05, 0.1) is 12.2 Å². The van der Waals surface area contributed by atoms with Gasteiger partial charge in [0.25, 0.3) is 5.91 Å². The first-order chi connectivity index (χ1) is 15.6. The van der Waals surface area contributed by atoms with Gasteiger partial charge in [0, 0.05) is 50.3 Å². The van der Waals surface area contributed by atoms with Crippen molar-refractivity contribution in [3.05, 3.63) is 52.5 Å². The largest absolute Gasteiger partial charge is 0.354 e. The number of rotatable bonds is 7. The molecule has 2 aromatic rings. The number of carbonyl (C=O) groups is 1. The number of carbonyl (C=O) groups excluding carboxylic acids is 1. The zero-order chi connectivity index (χ0) is 22.5. The van der Waals surface area contributed by atoms with Gasteiger partial charge >= 0.3 is 0 Å². The fraction of sp³-hybridized carbons (Fsp3) is 0.577. The quantitative estimate of drug-likeness (QED) is 0.618. The molecule has 1 saturated heterocycles. The van der Waals surface area contributed by atoms with Crippen LogP contribution in [0.4, 0.5) is 5.82 Å². The predicted molar refractivity (Wildman–Crippen MR) is 129 cm³/mol. The van der Waals surface area contributed by atoms with Gasteiger partial charge in [0.15, 0.2) is 0 Å². The molecule has 1 aromatic heterocycles. The minimum absolute atomic E-state index is 0.109. The molecule has 1 fully saturated rings. The van der Waals surface area contributed by atoms with Gasteiger partial charge in [-0.25, -0.2) is 9.97 Å². The number of amides is 1. The molecule has 2 aliphatic heterocycles. The molecule has 1 amide bonds.